The number of carboxylic acids is 1. The molecule has 1 N–H and O–H groups in total. The van der Waals surface area contributed by atoms with Gasteiger partial charge in [0.15, 0.2) is 0 Å². The number of carbonyl (C=O) groups excluding carboxylic acids is 1. The van der Waals surface area contributed by atoms with Gasteiger partial charge in [-0.2, -0.15) is 13.2 Å². The molecule has 1 amide bonds. The number of alkyl halides is 3. The number of amides is 1. The Morgan fingerprint density at radius 2 is 1.80 bits per heavy atom. The minimum absolute atomic E-state index is 0.142. The molecule has 138 valence electrons. The lowest BCUT2D eigenvalue weighted by atomic mass is 9.96. The van der Waals surface area contributed by atoms with Gasteiger partial charge in [-0.1, -0.05) is 29.8 Å². The number of unbranched alkanes of at least 4 members (excludes halogenated alkanes) is 1. The van der Waals surface area contributed by atoms with E-state index in [1.807, 2.05) is 31.2 Å². The molecule has 4 nitrogen and oxygen atoms in total. The third-order valence-corrected chi connectivity index (χ3v) is 4.64. The second kappa shape index (κ2) is 7.89. The largest absolute Gasteiger partial charge is 0.481 e. The summed E-state index contributed by atoms with van der Waals surface area (Å²) in [6.07, 6.45) is -2.34. The van der Waals surface area contributed by atoms with E-state index in [4.69, 9.17) is 5.11 Å². The van der Waals surface area contributed by atoms with Gasteiger partial charge in [-0.25, -0.2) is 0 Å². The first-order valence-electron chi connectivity index (χ1n) is 8.31. The monoisotopic (exact) mass is 357 g/mol. The quantitative estimate of drug-likeness (QED) is 0.794. The number of carbonyl (C=O) groups is 2. The number of halogens is 3. The summed E-state index contributed by atoms with van der Waals surface area (Å²) in [5.41, 5.74) is 2.32. The second-order valence-corrected chi connectivity index (χ2v) is 6.58. The fourth-order valence-electron chi connectivity index (χ4n) is 3.11. The number of hydrogen-bond acceptors (Lipinski definition) is 2. The minimum atomic E-state index is -4.61. The molecule has 1 aliphatic rings. The summed E-state index contributed by atoms with van der Waals surface area (Å²) in [5.74, 6) is -5.46. The molecule has 1 aromatic rings. The van der Waals surface area contributed by atoms with Gasteiger partial charge in [-0.05, 0) is 31.7 Å². The van der Waals surface area contributed by atoms with Crippen molar-refractivity contribution >= 4 is 11.9 Å². The summed E-state index contributed by atoms with van der Waals surface area (Å²) in [6.45, 7) is 1.07. The van der Waals surface area contributed by atoms with Crippen LogP contribution in [0.2, 0.25) is 0 Å². The summed E-state index contributed by atoms with van der Waals surface area (Å²) < 4.78 is 38.8. The van der Waals surface area contributed by atoms with Gasteiger partial charge in [0.2, 0.25) is 5.91 Å². The van der Waals surface area contributed by atoms with Crippen LogP contribution in [0, 0.1) is 18.8 Å². The van der Waals surface area contributed by atoms with Gasteiger partial charge in [0, 0.05) is 19.5 Å². The zero-order valence-corrected chi connectivity index (χ0v) is 14.1. The second-order valence-electron chi connectivity index (χ2n) is 6.58. The average molecular weight is 357 g/mol. The molecule has 0 saturated carbocycles. The Bertz CT molecular complexity index is 613. The van der Waals surface area contributed by atoms with Crippen molar-refractivity contribution < 1.29 is 27.9 Å². The Balaban J connectivity index is 1.80. The highest BCUT2D eigenvalue weighted by atomic mass is 19.4. The first-order valence-corrected chi connectivity index (χ1v) is 8.31. The molecule has 0 aliphatic carbocycles. The maximum Gasteiger partial charge on any atom is 0.394 e. The maximum absolute atomic E-state index is 12.9. The number of carboxylic acid groups (broad SMARTS) is 1. The lowest BCUT2D eigenvalue weighted by Crippen LogP contribution is -2.34. The molecule has 0 spiro atoms. The topological polar surface area (TPSA) is 57.6 Å². The van der Waals surface area contributed by atoms with Crippen LogP contribution < -0.4 is 0 Å². The lowest BCUT2D eigenvalue weighted by molar-refractivity contribution is -0.188. The minimum Gasteiger partial charge on any atom is -0.481 e. The summed E-state index contributed by atoms with van der Waals surface area (Å²) in [4.78, 5) is 24.2. The summed E-state index contributed by atoms with van der Waals surface area (Å²) in [5, 5.41) is 8.97. The van der Waals surface area contributed by atoms with Crippen molar-refractivity contribution in [3.8, 4) is 0 Å². The molecule has 1 aromatic carbocycles. The molecule has 0 aromatic heterocycles. The molecule has 1 aliphatic heterocycles. The van der Waals surface area contributed by atoms with Crippen LogP contribution in [0.4, 0.5) is 13.2 Å². The Morgan fingerprint density at radius 3 is 2.32 bits per heavy atom. The van der Waals surface area contributed by atoms with E-state index < -0.39 is 36.4 Å². The number of aliphatic carboxylic acids is 1. The average Bonchev–Trinajstić information content (AvgIpc) is 2.99. The number of benzene rings is 1. The predicted molar refractivity (Wildman–Crippen MR) is 86.0 cm³/mol. The van der Waals surface area contributed by atoms with Crippen molar-refractivity contribution in [1.29, 1.82) is 0 Å². The summed E-state index contributed by atoms with van der Waals surface area (Å²) in [7, 11) is 0. The maximum atomic E-state index is 12.9. The van der Waals surface area contributed by atoms with E-state index in [1.165, 1.54) is 5.56 Å². The lowest BCUT2D eigenvalue weighted by Gasteiger charge is -2.18. The van der Waals surface area contributed by atoms with Crippen LogP contribution in [0.15, 0.2) is 24.3 Å². The van der Waals surface area contributed by atoms with Crippen molar-refractivity contribution in [2.24, 2.45) is 11.8 Å². The van der Waals surface area contributed by atoms with Gasteiger partial charge >= 0.3 is 12.1 Å². The number of rotatable bonds is 6. The fraction of sp³-hybridized carbons (Fsp3) is 0.556. The van der Waals surface area contributed by atoms with Gasteiger partial charge in [-0.3, -0.25) is 9.59 Å². The molecule has 0 unspecified atom stereocenters. The first-order chi connectivity index (χ1) is 11.7. The van der Waals surface area contributed by atoms with Crippen molar-refractivity contribution in [3.05, 3.63) is 35.4 Å². The van der Waals surface area contributed by atoms with E-state index in [2.05, 4.69) is 0 Å². The number of aryl methyl sites for hydroxylation is 2. The van der Waals surface area contributed by atoms with Crippen molar-refractivity contribution in [3.63, 3.8) is 0 Å². The molecule has 2 rings (SSSR count). The third kappa shape index (κ3) is 5.21. The fourth-order valence-corrected chi connectivity index (χ4v) is 3.11. The van der Waals surface area contributed by atoms with Gasteiger partial charge in [0.25, 0.3) is 0 Å². The molecule has 2 atom stereocenters. The van der Waals surface area contributed by atoms with Crippen LogP contribution in [0.3, 0.4) is 0 Å². The van der Waals surface area contributed by atoms with Crippen LogP contribution >= 0.6 is 0 Å². The summed E-state index contributed by atoms with van der Waals surface area (Å²) in [6, 6.07) is 8.05. The molecule has 1 heterocycles. The highest BCUT2D eigenvalue weighted by Gasteiger charge is 2.53. The number of hydrogen-bond donors (Lipinski definition) is 1. The molecular formula is C18H22F3NO3. The van der Waals surface area contributed by atoms with E-state index in [9.17, 15) is 22.8 Å². The Kier molecular flexibility index (Phi) is 6.08. The van der Waals surface area contributed by atoms with Gasteiger partial charge in [0.1, 0.15) is 0 Å². The first kappa shape index (κ1) is 19.3. The Labute approximate surface area is 144 Å². The Morgan fingerprint density at radius 1 is 1.16 bits per heavy atom. The Hall–Kier alpha value is -2.05. The van der Waals surface area contributed by atoms with Crippen LogP contribution in [-0.4, -0.2) is 41.1 Å². The van der Waals surface area contributed by atoms with Crippen molar-refractivity contribution in [1.82, 2.24) is 4.90 Å². The standard InChI is InChI=1S/C18H22F3NO3/c1-12-6-8-13(9-7-12)4-2-3-5-16(23)22-10-14(17(24)25)15(11-22)18(19,20)21/h6-9,14-15H,2-5,10-11H2,1H3,(H,24,25)/t14-,15-/m1/s1. The molecule has 0 bridgehead atoms. The molecule has 1 fully saturated rings. The van der Waals surface area contributed by atoms with Crippen molar-refractivity contribution in [2.75, 3.05) is 13.1 Å². The molecule has 0 radical (unpaired) electrons. The zero-order chi connectivity index (χ0) is 18.6. The van der Waals surface area contributed by atoms with Crippen molar-refractivity contribution in [2.45, 2.75) is 38.8 Å². The van der Waals surface area contributed by atoms with Gasteiger partial charge in [0.05, 0.1) is 11.8 Å². The highest BCUT2D eigenvalue weighted by Crippen LogP contribution is 2.38. The smallest absolute Gasteiger partial charge is 0.394 e. The van der Waals surface area contributed by atoms with Crippen LogP contribution in [-0.2, 0) is 16.0 Å². The highest BCUT2D eigenvalue weighted by molar-refractivity contribution is 5.79. The third-order valence-electron chi connectivity index (χ3n) is 4.64. The van der Waals surface area contributed by atoms with Crippen LogP contribution in [0.25, 0.3) is 0 Å². The van der Waals surface area contributed by atoms with E-state index in [1.54, 1.807) is 0 Å². The van der Waals surface area contributed by atoms with Crippen LogP contribution in [0.5, 0.6) is 0 Å². The summed E-state index contributed by atoms with van der Waals surface area (Å²) >= 11 is 0. The van der Waals surface area contributed by atoms with E-state index in [0.29, 0.717) is 6.42 Å². The van der Waals surface area contributed by atoms with E-state index >= 15 is 0 Å². The zero-order valence-electron chi connectivity index (χ0n) is 14.1. The van der Waals surface area contributed by atoms with E-state index in [-0.39, 0.29) is 13.0 Å². The van der Waals surface area contributed by atoms with E-state index in [0.717, 1.165) is 23.3 Å². The van der Waals surface area contributed by atoms with Crippen LogP contribution in [0.1, 0.15) is 30.4 Å². The van der Waals surface area contributed by atoms with Gasteiger partial charge < -0.3 is 10.0 Å². The van der Waals surface area contributed by atoms with Gasteiger partial charge in [-0.15, -0.1) is 0 Å². The SMILES string of the molecule is Cc1ccc(CCCCC(=O)N2C[C@@H](C(F)(F)F)[C@H](C(=O)O)C2)cc1. The molecule has 1 saturated heterocycles. The molecular weight excluding hydrogens is 335 g/mol. The number of nitrogens with zero attached hydrogens (tertiary/aromatic N) is 1. The normalized spacial score (nSPS) is 20.7. The number of likely N-dealkylation sites (tertiary alicyclic amines) is 1. The molecule has 7 heteroatoms. The molecule has 25 heavy (non-hydrogen) atoms. The predicted octanol–water partition coefficient (Wildman–Crippen LogP) is 3.43.